The topological polar surface area (TPSA) is 61.4 Å². The number of nitrogens with zero attached hydrogens (tertiary/aromatic N) is 1. The fourth-order valence-electron chi connectivity index (χ4n) is 3.31. The van der Waals surface area contributed by atoms with E-state index in [1.165, 1.54) is 31.4 Å². The van der Waals surface area contributed by atoms with E-state index in [1.54, 1.807) is 12.1 Å². The van der Waals surface area contributed by atoms with Crippen LogP contribution in [0.2, 0.25) is 0 Å². The lowest BCUT2D eigenvalue weighted by Gasteiger charge is -2.22. The van der Waals surface area contributed by atoms with Gasteiger partial charge in [0.1, 0.15) is 0 Å². The van der Waals surface area contributed by atoms with Crippen LogP contribution < -0.4 is 15.5 Å². The van der Waals surface area contributed by atoms with Crippen LogP contribution in [-0.4, -0.2) is 31.4 Å². The zero-order valence-corrected chi connectivity index (χ0v) is 15.6. The van der Waals surface area contributed by atoms with Crippen LogP contribution in [0, 0.1) is 0 Å². The molecule has 2 aromatic rings. The lowest BCUT2D eigenvalue weighted by molar-refractivity contribution is -0.136. The maximum Gasteiger partial charge on any atom is 0.313 e. The van der Waals surface area contributed by atoms with E-state index >= 15 is 0 Å². The third kappa shape index (κ3) is 5.84. The largest absolute Gasteiger partial charge is 0.372 e. The second-order valence-corrected chi connectivity index (χ2v) is 6.89. The molecule has 1 heterocycles. The van der Waals surface area contributed by atoms with E-state index in [2.05, 4.69) is 39.8 Å². The predicted molar refractivity (Wildman–Crippen MR) is 109 cm³/mol. The molecule has 0 aromatic heterocycles. The molecule has 5 nitrogen and oxygen atoms in total. The van der Waals surface area contributed by atoms with Gasteiger partial charge in [0.15, 0.2) is 0 Å². The molecule has 1 saturated heterocycles. The first-order valence-corrected chi connectivity index (χ1v) is 9.70. The number of carbonyl (C=O) groups is 2. The number of nitrogens with one attached hydrogen (secondary N) is 2. The van der Waals surface area contributed by atoms with Gasteiger partial charge in [-0.2, -0.15) is 0 Å². The molecule has 0 saturated carbocycles. The van der Waals surface area contributed by atoms with Crippen molar-refractivity contribution >= 4 is 23.2 Å². The van der Waals surface area contributed by atoms with Crippen molar-refractivity contribution in [2.75, 3.05) is 29.9 Å². The van der Waals surface area contributed by atoms with E-state index in [0.717, 1.165) is 18.7 Å². The summed E-state index contributed by atoms with van der Waals surface area (Å²) in [6.07, 6.45) is 5.88. The smallest absolute Gasteiger partial charge is 0.313 e. The van der Waals surface area contributed by atoms with Crippen LogP contribution in [0.3, 0.4) is 0 Å². The average Bonchev–Trinajstić information content (AvgIpc) is 2.99. The van der Waals surface area contributed by atoms with E-state index in [4.69, 9.17) is 0 Å². The van der Waals surface area contributed by atoms with E-state index in [0.29, 0.717) is 18.7 Å². The van der Waals surface area contributed by atoms with E-state index in [1.807, 2.05) is 18.2 Å². The molecule has 0 aliphatic carbocycles. The van der Waals surface area contributed by atoms with Crippen LogP contribution in [0.25, 0.3) is 0 Å². The molecule has 0 bridgehead atoms. The summed E-state index contributed by atoms with van der Waals surface area (Å²) < 4.78 is 0. The Bertz CT molecular complexity index is 736. The van der Waals surface area contributed by atoms with Crippen molar-refractivity contribution in [3.8, 4) is 0 Å². The standard InChI is InChI=1S/C22H27N3O2/c26-21(22(27)24-19-8-4-3-5-9-19)23-15-14-18-10-12-20(13-11-18)25-16-6-1-2-7-17-25/h3-5,8-13H,1-2,6-7,14-17H2,(H,23,26)(H,24,27). The molecular formula is C22H27N3O2. The number of hydrogen-bond acceptors (Lipinski definition) is 3. The summed E-state index contributed by atoms with van der Waals surface area (Å²) in [5.74, 6) is -1.25. The van der Waals surface area contributed by atoms with Crippen molar-refractivity contribution < 1.29 is 9.59 Å². The summed E-state index contributed by atoms with van der Waals surface area (Å²) in [6.45, 7) is 2.70. The summed E-state index contributed by atoms with van der Waals surface area (Å²) in [5, 5.41) is 5.26. The lowest BCUT2D eigenvalue weighted by Crippen LogP contribution is -2.36. The molecule has 3 rings (SSSR count). The highest BCUT2D eigenvalue weighted by atomic mass is 16.2. The van der Waals surface area contributed by atoms with Gasteiger partial charge < -0.3 is 15.5 Å². The highest BCUT2D eigenvalue weighted by Crippen LogP contribution is 2.20. The minimum Gasteiger partial charge on any atom is -0.372 e. The number of anilines is 2. The van der Waals surface area contributed by atoms with Crippen molar-refractivity contribution in [2.45, 2.75) is 32.1 Å². The van der Waals surface area contributed by atoms with Crippen LogP contribution >= 0.6 is 0 Å². The van der Waals surface area contributed by atoms with Crippen LogP contribution in [0.15, 0.2) is 54.6 Å². The normalized spacial score (nSPS) is 14.3. The third-order valence-electron chi connectivity index (χ3n) is 4.84. The fraction of sp³-hybridized carbons (Fsp3) is 0.364. The van der Waals surface area contributed by atoms with Gasteiger partial charge in [0.2, 0.25) is 0 Å². The molecule has 5 heteroatoms. The zero-order valence-electron chi connectivity index (χ0n) is 15.6. The lowest BCUT2D eigenvalue weighted by atomic mass is 10.1. The Kier molecular flexibility index (Phi) is 6.85. The summed E-state index contributed by atoms with van der Waals surface area (Å²) in [4.78, 5) is 26.2. The number of benzene rings is 2. The average molecular weight is 365 g/mol. The minimum absolute atomic E-state index is 0.435. The monoisotopic (exact) mass is 365 g/mol. The maximum absolute atomic E-state index is 11.9. The zero-order chi connectivity index (χ0) is 18.9. The summed E-state index contributed by atoms with van der Waals surface area (Å²) >= 11 is 0. The molecule has 142 valence electrons. The molecule has 27 heavy (non-hydrogen) atoms. The van der Waals surface area contributed by atoms with Crippen molar-refractivity contribution in [3.63, 3.8) is 0 Å². The molecule has 0 spiro atoms. The molecule has 2 amide bonds. The van der Waals surface area contributed by atoms with Crippen LogP contribution in [0.4, 0.5) is 11.4 Å². The second kappa shape index (κ2) is 9.76. The van der Waals surface area contributed by atoms with E-state index in [9.17, 15) is 9.59 Å². The Labute approximate surface area is 160 Å². The number of para-hydroxylation sites is 1. The van der Waals surface area contributed by atoms with Crippen molar-refractivity contribution in [1.82, 2.24) is 5.32 Å². The molecule has 1 aliphatic rings. The van der Waals surface area contributed by atoms with Gasteiger partial charge in [0, 0.05) is 31.0 Å². The Hall–Kier alpha value is -2.82. The van der Waals surface area contributed by atoms with Gasteiger partial charge in [-0.3, -0.25) is 9.59 Å². The summed E-state index contributed by atoms with van der Waals surface area (Å²) in [5.41, 5.74) is 3.03. The first kappa shape index (κ1) is 19.0. The first-order valence-electron chi connectivity index (χ1n) is 9.70. The van der Waals surface area contributed by atoms with Crippen molar-refractivity contribution in [3.05, 3.63) is 60.2 Å². The number of hydrogen-bond donors (Lipinski definition) is 2. The predicted octanol–water partition coefficient (Wildman–Crippen LogP) is 3.36. The summed E-state index contributed by atoms with van der Waals surface area (Å²) in [7, 11) is 0. The molecule has 0 unspecified atom stereocenters. The Morgan fingerprint density at radius 3 is 2.15 bits per heavy atom. The molecule has 1 aliphatic heterocycles. The Morgan fingerprint density at radius 1 is 0.815 bits per heavy atom. The molecular weight excluding hydrogens is 338 g/mol. The quantitative estimate of drug-likeness (QED) is 0.799. The van der Waals surface area contributed by atoms with Crippen LogP contribution in [0.1, 0.15) is 31.2 Å². The van der Waals surface area contributed by atoms with Gasteiger partial charge in [-0.05, 0) is 49.1 Å². The molecule has 1 fully saturated rings. The van der Waals surface area contributed by atoms with Crippen LogP contribution in [-0.2, 0) is 16.0 Å². The van der Waals surface area contributed by atoms with Gasteiger partial charge >= 0.3 is 11.8 Å². The highest BCUT2D eigenvalue weighted by molar-refractivity contribution is 6.39. The third-order valence-corrected chi connectivity index (χ3v) is 4.84. The van der Waals surface area contributed by atoms with Gasteiger partial charge in [0.25, 0.3) is 0 Å². The molecule has 2 N–H and O–H groups in total. The molecule has 0 atom stereocenters. The fourth-order valence-corrected chi connectivity index (χ4v) is 3.31. The van der Waals surface area contributed by atoms with E-state index in [-0.39, 0.29) is 0 Å². The molecule has 0 radical (unpaired) electrons. The number of carbonyl (C=O) groups excluding carboxylic acids is 2. The SMILES string of the molecule is O=C(NCCc1ccc(N2CCCCCC2)cc1)C(=O)Nc1ccccc1. The first-order chi connectivity index (χ1) is 13.2. The summed E-state index contributed by atoms with van der Waals surface area (Å²) in [6, 6.07) is 17.5. The van der Waals surface area contributed by atoms with Gasteiger partial charge in [0.05, 0.1) is 0 Å². The second-order valence-electron chi connectivity index (χ2n) is 6.89. The Morgan fingerprint density at radius 2 is 1.48 bits per heavy atom. The number of amides is 2. The van der Waals surface area contributed by atoms with Gasteiger partial charge in [-0.1, -0.05) is 43.2 Å². The maximum atomic E-state index is 11.9. The van der Waals surface area contributed by atoms with E-state index < -0.39 is 11.8 Å². The highest BCUT2D eigenvalue weighted by Gasteiger charge is 2.13. The van der Waals surface area contributed by atoms with Crippen LogP contribution in [0.5, 0.6) is 0 Å². The van der Waals surface area contributed by atoms with Crippen molar-refractivity contribution in [1.29, 1.82) is 0 Å². The minimum atomic E-state index is -0.641. The van der Waals surface area contributed by atoms with Gasteiger partial charge in [-0.15, -0.1) is 0 Å². The molecule has 2 aromatic carbocycles. The van der Waals surface area contributed by atoms with Gasteiger partial charge in [-0.25, -0.2) is 0 Å². The Balaban J connectivity index is 1.43. The van der Waals surface area contributed by atoms with Crippen molar-refractivity contribution in [2.24, 2.45) is 0 Å². The number of rotatable bonds is 5.